The van der Waals surface area contributed by atoms with Crippen molar-refractivity contribution in [3.63, 3.8) is 0 Å². The van der Waals surface area contributed by atoms with Crippen molar-refractivity contribution < 1.29 is 13.9 Å². The van der Waals surface area contributed by atoms with Gasteiger partial charge >= 0.3 is 0 Å². The first-order chi connectivity index (χ1) is 15.6. The molecule has 1 amide bonds. The molecule has 32 heavy (non-hydrogen) atoms. The van der Waals surface area contributed by atoms with Crippen molar-refractivity contribution in [2.45, 2.75) is 19.4 Å². The van der Waals surface area contributed by atoms with Crippen LogP contribution in [0.2, 0.25) is 5.02 Å². The number of anilines is 1. The molecule has 0 N–H and O–H groups in total. The Morgan fingerprint density at radius 1 is 1.09 bits per heavy atom. The van der Waals surface area contributed by atoms with Crippen LogP contribution < -0.4 is 15.1 Å². The van der Waals surface area contributed by atoms with E-state index in [-0.39, 0.29) is 16.8 Å². The van der Waals surface area contributed by atoms with Crippen molar-refractivity contribution in [1.29, 1.82) is 0 Å². The van der Waals surface area contributed by atoms with Crippen molar-refractivity contribution in [2.24, 2.45) is 0 Å². The Labute approximate surface area is 189 Å². The molecule has 2 aromatic heterocycles. The highest BCUT2D eigenvalue weighted by molar-refractivity contribution is 6.31. The maximum Gasteiger partial charge on any atom is 0.296 e. The summed E-state index contributed by atoms with van der Waals surface area (Å²) in [6.07, 6.45) is 2.51. The molecule has 1 aliphatic rings. The summed E-state index contributed by atoms with van der Waals surface area (Å²) in [6, 6.07) is 16.8. The Balaban J connectivity index is 1.72. The average molecular weight is 447 g/mol. The highest BCUT2D eigenvalue weighted by atomic mass is 35.5. The van der Waals surface area contributed by atoms with Crippen LogP contribution in [0, 0.1) is 0 Å². The molecule has 5 rings (SSSR count). The van der Waals surface area contributed by atoms with Gasteiger partial charge in [0, 0.05) is 11.2 Å². The van der Waals surface area contributed by atoms with Crippen molar-refractivity contribution in [3.8, 4) is 5.75 Å². The van der Waals surface area contributed by atoms with Gasteiger partial charge in [0.1, 0.15) is 17.2 Å². The zero-order valence-corrected chi connectivity index (χ0v) is 18.0. The molecule has 0 fully saturated rings. The summed E-state index contributed by atoms with van der Waals surface area (Å²) < 4.78 is 11.6. The topological polar surface area (TPSA) is 72.6 Å². The van der Waals surface area contributed by atoms with Crippen molar-refractivity contribution in [3.05, 3.63) is 99.0 Å². The molecule has 160 valence electrons. The molecule has 0 aliphatic carbocycles. The minimum Gasteiger partial charge on any atom is -0.494 e. The largest absolute Gasteiger partial charge is 0.494 e. The lowest BCUT2D eigenvalue weighted by Crippen LogP contribution is -2.30. The maximum atomic E-state index is 13.5. The van der Waals surface area contributed by atoms with E-state index in [1.54, 1.807) is 42.6 Å². The normalized spacial score (nSPS) is 15.2. The molecule has 2 aromatic carbocycles. The minimum absolute atomic E-state index is 0.0202. The third kappa shape index (κ3) is 3.33. The Morgan fingerprint density at radius 2 is 1.91 bits per heavy atom. The van der Waals surface area contributed by atoms with Crippen LogP contribution in [0.25, 0.3) is 11.0 Å². The third-order valence-electron chi connectivity index (χ3n) is 5.40. The lowest BCUT2D eigenvalue weighted by atomic mass is 9.98. The lowest BCUT2D eigenvalue weighted by Gasteiger charge is -2.24. The molecule has 3 heterocycles. The zero-order valence-electron chi connectivity index (χ0n) is 17.2. The summed E-state index contributed by atoms with van der Waals surface area (Å²) in [6.45, 7) is 2.65. The second-order valence-corrected chi connectivity index (χ2v) is 7.93. The van der Waals surface area contributed by atoms with E-state index in [1.807, 2.05) is 31.2 Å². The molecule has 1 aliphatic heterocycles. The van der Waals surface area contributed by atoms with Crippen molar-refractivity contribution in [2.75, 3.05) is 11.5 Å². The molecule has 0 saturated carbocycles. The third-order valence-corrected chi connectivity index (χ3v) is 5.63. The molecule has 0 spiro atoms. The maximum absolute atomic E-state index is 13.5. The first-order valence-corrected chi connectivity index (χ1v) is 10.7. The molecule has 6 nitrogen and oxygen atoms in total. The van der Waals surface area contributed by atoms with E-state index < -0.39 is 11.9 Å². The monoisotopic (exact) mass is 446 g/mol. The highest BCUT2D eigenvalue weighted by Gasteiger charge is 2.44. The summed E-state index contributed by atoms with van der Waals surface area (Å²) in [5.74, 6) is 0.763. The molecular weight excluding hydrogens is 428 g/mol. The number of rotatable bonds is 5. The predicted octanol–water partition coefficient (Wildman–Crippen LogP) is 5.38. The van der Waals surface area contributed by atoms with Gasteiger partial charge in [0.2, 0.25) is 5.76 Å². The van der Waals surface area contributed by atoms with E-state index in [9.17, 15) is 9.59 Å². The van der Waals surface area contributed by atoms with Crippen LogP contribution in [0.5, 0.6) is 5.75 Å². The first-order valence-electron chi connectivity index (χ1n) is 10.3. The smallest absolute Gasteiger partial charge is 0.296 e. The van der Waals surface area contributed by atoms with Crippen molar-refractivity contribution >= 4 is 34.3 Å². The minimum atomic E-state index is -0.688. The summed E-state index contributed by atoms with van der Waals surface area (Å²) in [5.41, 5.74) is 1.06. The van der Waals surface area contributed by atoms with Crippen LogP contribution in [0.15, 0.2) is 76.1 Å². The second kappa shape index (κ2) is 8.13. The van der Waals surface area contributed by atoms with E-state index in [0.717, 1.165) is 17.7 Å². The van der Waals surface area contributed by atoms with Gasteiger partial charge in [-0.05, 0) is 54.4 Å². The fourth-order valence-electron chi connectivity index (χ4n) is 3.96. The van der Waals surface area contributed by atoms with Gasteiger partial charge in [-0.15, -0.1) is 0 Å². The van der Waals surface area contributed by atoms with Gasteiger partial charge in [-0.3, -0.25) is 14.5 Å². The van der Waals surface area contributed by atoms with E-state index in [1.165, 1.54) is 4.90 Å². The van der Waals surface area contributed by atoms with Gasteiger partial charge < -0.3 is 9.15 Å². The number of ether oxygens (including phenoxy) is 1. The van der Waals surface area contributed by atoms with Gasteiger partial charge in [-0.2, -0.15) is 0 Å². The number of halogens is 1. The van der Waals surface area contributed by atoms with E-state index in [0.29, 0.717) is 28.4 Å². The molecular formula is C25H19ClN2O4. The number of hydrogen-bond donors (Lipinski definition) is 0. The summed E-state index contributed by atoms with van der Waals surface area (Å²) >= 11 is 6.13. The predicted molar refractivity (Wildman–Crippen MR) is 123 cm³/mol. The number of carbonyl (C=O) groups excluding carboxylic acids is 1. The number of fused-ring (bicyclic) bond motifs is 2. The number of carbonyl (C=O) groups is 1. The van der Waals surface area contributed by atoms with Crippen LogP contribution in [-0.2, 0) is 0 Å². The zero-order chi connectivity index (χ0) is 22.2. The molecule has 7 heteroatoms. The van der Waals surface area contributed by atoms with Crippen LogP contribution in [0.4, 0.5) is 5.82 Å². The van der Waals surface area contributed by atoms with Gasteiger partial charge in [-0.1, -0.05) is 36.7 Å². The molecule has 1 atom stereocenters. The van der Waals surface area contributed by atoms with Gasteiger partial charge in [-0.25, -0.2) is 4.98 Å². The quantitative estimate of drug-likeness (QED) is 0.411. The lowest BCUT2D eigenvalue weighted by molar-refractivity contribution is 0.0970. The van der Waals surface area contributed by atoms with Gasteiger partial charge in [0.15, 0.2) is 5.43 Å². The van der Waals surface area contributed by atoms with Crippen LogP contribution in [0.1, 0.15) is 41.1 Å². The molecule has 0 radical (unpaired) electrons. The summed E-state index contributed by atoms with van der Waals surface area (Å²) in [5, 5.41) is 0.754. The molecule has 1 unspecified atom stereocenters. The summed E-state index contributed by atoms with van der Waals surface area (Å²) in [4.78, 5) is 32.9. The Hall–Kier alpha value is -3.64. The van der Waals surface area contributed by atoms with E-state index >= 15 is 0 Å². The highest BCUT2D eigenvalue weighted by Crippen LogP contribution is 2.41. The van der Waals surface area contributed by atoms with Crippen LogP contribution in [-0.4, -0.2) is 17.5 Å². The standard InChI is InChI=1S/C25H19ClN2O4/c1-2-13-31-17-9-6-15(7-10-17)22-21-23(29)18-14-16(26)8-11-19(18)32-24(21)25(30)28(22)20-5-3-4-12-27-20/h3-12,14,22H,2,13H2,1H3. The van der Waals surface area contributed by atoms with Gasteiger partial charge in [0.25, 0.3) is 5.91 Å². The average Bonchev–Trinajstić information content (AvgIpc) is 3.11. The number of nitrogens with zero attached hydrogens (tertiary/aromatic N) is 2. The number of amides is 1. The number of pyridine rings is 1. The second-order valence-electron chi connectivity index (χ2n) is 7.50. The summed E-state index contributed by atoms with van der Waals surface area (Å²) in [7, 11) is 0. The number of hydrogen-bond acceptors (Lipinski definition) is 5. The molecule has 0 bridgehead atoms. The SMILES string of the molecule is CCCOc1ccc(C2c3c(oc4ccc(Cl)cc4c3=O)C(=O)N2c2ccccn2)cc1. The van der Waals surface area contributed by atoms with E-state index in [4.69, 9.17) is 20.8 Å². The number of benzene rings is 2. The fourth-order valence-corrected chi connectivity index (χ4v) is 4.13. The van der Waals surface area contributed by atoms with Crippen LogP contribution in [0.3, 0.4) is 0 Å². The Morgan fingerprint density at radius 3 is 2.62 bits per heavy atom. The van der Waals surface area contributed by atoms with E-state index in [2.05, 4.69) is 4.98 Å². The van der Waals surface area contributed by atoms with Gasteiger partial charge in [0.05, 0.1) is 23.6 Å². The number of aromatic nitrogens is 1. The Kier molecular flexibility index (Phi) is 5.15. The molecule has 4 aromatic rings. The van der Waals surface area contributed by atoms with Crippen LogP contribution >= 0.6 is 11.6 Å². The Bertz CT molecular complexity index is 1370. The fraction of sp³-hybridized carbons (Fsp3) is 0.160. The van der Waals surface area contributed by atoms with Crippen molar-refractivity contribution in [1.82, 2.24) is 4.98 Å². The first kappa shape index (κ1) is 20.3. The molecule has 0 saturated heterocycles.